The van der Waals surface area contributed by atoms with Crippen LogP contribution in [0.5, 0.6) is 0 Å². The summed E-state index contributed by atoms with van der Waals surface area (Å²) in [6.07, 6.45) is 8.27. The van der Waals surface area contributed by atoms with Crippen LogP contribution in [0.1, 0.15) is 39.0 Å². The van der Waals surface area contributed by atoms with Gasteiger partial charge in [-0.15, -0.1) is 0 Å². The van der Waals surface area contributed by atoms with E-state index in [1.807, 2.05) is 31.2 Å². The highest BCUT2D eigenvalue weighted by molar-refractivity contribution is 6.30. The molecule has 0 aliphatic heterocycles. The first-order chi connectivity index (χ1) is 10.1. The Balaban J connectivity index is 1.72. The van der Waals surface area contributed by atoms with Gasteiger partial charge in [0.05, 0.1) is 0 Å². The quantitative estimate of drug-likeness (QED) is 0.775. The van der Waals surface area contributed by atoms with Crippen molar-refractivity contribution in [3.63, 3.8) is 0 Å². The predicted molar refractivity (Wildman–Crippen MR) is 88.7 cm³/mol. The molecule has 1 aromatic carbocycles. The van der Waals surface area contributed by atoms with Crippen molar-refractivity contribution in [2.24, 2.45) is 0 Å². The van der Waals surface area contributed by atoms with Gasteiger partial charge < -0.3 is 10.6 Å². The molecule has 0 unspecified atom stereocenters. The predicted octanol–water partition coefficient (Wildman–Crippen LogP) is 4.15. The Morgan fingerprint density at radius 2 is 2.05 bits per heavy atom. The molecule has 0 bridgehead atoms. The fraction of sp³-hybridized carbons (Fsp3) is 0.471. The Hall–Kier alpha value is -1.48. The summed E-state index contributed by atoms with van der Waals surface area (Å²) >= 11 is 5.84. The highest BCUT2D eigenvalue weighted by Gasteiger charge is 2.12. The number of allylic oxidation sites excluding steroid dienone is 1. The van der Waals surface area contributed by atoms with Crippen molar-refractivity contribution >= 4 is 23.2 Å². The van der Waals surface area contributed by atoms with E-state index in [2.05, 4.69) is 16.7 Å². The van der Waals surface area contributed by atoms with Gasteiger partial charge in [-0.2, -0.15) is 0 Å². The number of rotatable bonds is 6. The van der Waals surface area contributed by atoms with Crippen molar-refractivity contribution in [1.82, 2.24) is 5.32 Å². The molecule has 0 saturated heterocycles. The molecule has 4 heteroatoms. The van der Waals surface area contributed by atoms with E-state index in [1.165, 1.54) is 31.3 Å². The molecule has 21 heavy (non-hydrogen) atoms. The van der Waals surface area contributed by atoms with Crippen LogP contribution in [0.15, 0.2) is 35.9 Å². The van der Waals surface area contributed by atoms with E-state index in [0.717, 1.165) is 18.7 Å². The van der Waals surface area contributed by atoms with E-state index < -0.39 is 0 Å². The lowest BCUT2D eigenvalue weighted by Gasteiger charge is -2.17. The number of hydrogen-bond donors (Lipinski definition) is 2. The van der Waals surface area contributed by atoms with Crippen LogP contribution in [0.25, 0.3) is 0 Å². The molecule has 1 aliphatic rings. The van der Waals surface area contributed by atoms with E-state index in [1.54, 1.807) is 0 Å². The maximum atomic E-state index is 12.0. The Morgan fingerprint density at radius 3 is 2.71 bits per heavy atom. The van der Waals surface area contributed by atoms with Gasteiger partial charge in [-0.3, -0.25) is 4.79 Å². The Kier molecular flexibility index (Phi) is 6.12. The van der Waals surface area contributed by atoms with Gasteiger partial charge in [-0.25, -0.2) is 0 Å². The summed E-state index contributed by atoms with van der Waals surface area (Å²) in [7, 11) is 0. The van der Waals surface area contributed by atoms with Gasteiger partial charge in [0, 0.05) is 17.3 Å². The van der Waals surface area contributed by atoms with Crippen LogP contribution >= 0.6 is 11.6 Å². The average molecular weight is 307 g/mol. The van der Waals surface area contributed by atoms with Gasteiger partial charge in [0.2, 0.25) is 5.91 Å². The third-order valence-corrected chi connectivity index (χ3v) is 4.00. The molecule has 2 rings (SSSR count). The number of hydrogen-bond acceptors (Lipinski definition) is 2. The SMILES string of the molecule is C[C@H](Nc1ccc(Cl)cc1)C(=O)NCCC1=CCCCC1. The number of nitrogens with one attached hydrogen (secondary N) is 2. The molecule has 1 aromatic rings. The van der Waals surface area contributed by atoms with Crippen LogP contribution in [0.4, 0.5) is 5.69 Å². The van der Waals surface area contributed by atoms with Crippen LogP contribution in [-0.2, 0) is 4.79 Å². The molecular weight excluding hydrogens is 284 g/mol. The maximum Gasteiger partial charge on any atom is 0.242 e. The molecule has 0 spiro atoms. The van der Waals surface area contributed by atoms with Crippen LogP contribution in [0, 0.1) is 0 Å². The second kappa shape index (κ2) is 8.08. The molecule has 0 fully saturated rings. The van der Waals surface area contributed by atoms with Gasteiger partial charge in [0.1, 0.15) is 6.04 Å². The molecule has 2 N–H and O–H groups in total. The fourth-order valence-electron chi connectivity index (χ4n) is 2.49. The van der Waals surface area contributed by atoms with Gasteiger partial charge in [0.25, 0.3) is 0 Å². The van der Waals surface area contributed by atoms with Crippen LogP contribution in [0.3, 0.4) is 0 Å². The largest absolute Gasteiger partial charge is 0.374 e. The molecule has 0 aromatic heterocycles. The zero-order valence-corrected chi connectivity index (χ0v) is 13.2. The number of amides is 1. The van der Waals surface area contributed by atoms with Crippen molar-refractivity contribution in [1.29, 1.82) is 0 Å². The van der Waals surface area contributed by atoms with Crippen LogP contribution < -0.4 is 10.6 Å². The number of carbonyl (C=O) groups is 1. The highest BCUT2D eigenvalue weighted by atomic mass is 35.5. The minimum absolute atomic E-state index is 0.0290. The molecule has 1 aliphatic carbocycles. The van der Waals surface area contributed by atoms with Crippen LogP contribution in [-0.4, -0.2) is 18.5 Å². The summed E-state index contributed by atoms with van der Waals surface area (Å²) < 4.78 is 0. The molecule has 0 saturated carbocycles. The Labute approximate surface area is 131 Å². The van der Waals surface area contributed by atoms with E-state index in [4.69, 9.17) is 11.6 Å². The van der Waals surface area contributed by atoms with Crippen molar-refractivity contribution in [3.8, 4) is 0 Å². The minimum atomic E-state index is -0.258. The van der Waals surface area contributed by atoms with Gasteiger partial charge >= 0.3 is 0 Å². The van der Waals surface area contributed by atoms with E-state index in [-0.39, 0.29) is 11.9 Å². The topological polar surface area (TPSA) is 41.1 Å². The first-order valence-electron chi connectivity index (χ1n) is 7.63. The molecule has 0 radical (unpaired) electrons. The first kappa shape index (κ1) is 15.9. The molecule has 1 amide bonds. The van der Waals surface area contributed by atoms with E-state index in [9.17, 15) is 4.79 Å². The average Bonchev–Trinajstić information content (AvgIpc) is 2.50. The third-order valence-electron chi connectivity index (χ3n) is 3.75. The lowest BCUT2D eigenvalue weighted by molar-refractivity contribution is -0.121. The van der Waals surface area contributed by atoms with Gasteiger partial charge in [-0.05, 0) is 63.3 Å². The van der Waals surface area contributed by atoms with E-state index in [0.29, 0.717) is 5.02 Å². The summed E-state index contributed by atoms with van der Waals surface area (Å²) in [5.74, 6) is 0.0290. The fourth-order valence-corrected chi connectivity index (χ4v) is 2.62. The van der Waals surface area contributed by atoms with Gasteiger partial charge in [-0.1, -0.05) is 23.3 Å². The highest BCUT2D eigenvalue weighted by Crippen LogP contribution is 2.19. The number of halogens is 1. The standard InChI is InChI=1S/C17H23ClN2O/c1-13(20-16-9-7-15(18)8-10-16)17(21)19-12-11-14-5-3-2-4-6-14/h5,7-10,13,20H,2-4,6,11-12H2,1H3,(H,19,21)/t13-/m0/s1. The second-order valence-corrected chi connectivity index (χ2v) is 5.96. The number of benzene rings is 1. The molecular formula is C17H23ClN2O. The minimum Gasteiger partial charge on any atom is -0.374 e. The van der Waals surface area contributed by atoms with Crippen molar-refractivity contribution in [2.75, 3.05) is 11.9 Å². The zero-order chi connectivity index (χ0) is 15.1. The smallest absolute Gasteiger partial charge is 0.242 e. The normalized spacial score (nSPS) is 16.0. The molecule has 114 valence electrons. The summed E-state index contributed by atoms with van der Waals surface area (Å²) in [6, 6.07) is 7.11. The van der Waals surface area contributed by atoms with E-state index >= 15 is 0 Å². The molecule has 0 heterocycles. The Morgan fingerprint density at radius 1 is 1.29 bits per heavy atom. The first-order valence-corrected chi connectivity index (χ1v) is 8.00. The number of carbonyl (C=O) groups excluding carboxylic acids is 1. The van der Waals surface area contributed by atoms with Crippen LogP contribution in [0.2, 0.25) is 5.02 Å². The zero-order valence-electron chi connectivity index (χ0n) is 12.5. The number of anilines is 1. The van der Waals surface area contributed by atoms with Crippen molar-refractivity contribution < 1.29 is 4.79 Å². The second-order valence-electron chi connectivity index (χ2n) is 5.52. The summed E-state index contributed by atoms with van der Waals surface area (Å²) in [5.41, 5.74) is 2.39. The van der Waals surface area contributed by atoms with Gasteiger partial charge in [0.15, 0.2) is 0 Å². The lowest BCUT2D eigenvalue weighted by Crippen LogP contribution is -2.38. The lowest BCUT2D eigenvalue weighted by atomic mass is 9.97. The summed E-state index contributed by atoms with van der Waals surface area (Å²) in [5, 5.41) is 6.86. The molecule has 1 atom stereocenters. The van der Waals surface area contributed by atoms with Crippen molar-refractivity contribution in [3.05, 3.63) is 40.9 Å². The monoisotopic (exact) mass is 306 g/mol. The van der Waals surface area contributed by atoms with Crippen molar-refractivity contribution in [2.45, 2.75) is 45.1 Å². The third kappa shape index (κ3) is 5.43. The summed E-state index contributed by atoms with van der Waals surface area (Å²) in [4.78, 5) is 12.0. The Bertz CT molecular complexity index is 496. The molecule has 3 nitrogen and oxygen atoms in total. The maximum absolute atomic E-state index is 12.0. The summed E-state index contributed by atoms with van der Waals surface area (Å²) in [6.45, 7) is 2.58.